The van der Waals surface area contributed by atoms with Gasteiger partial charge < -0.3 is 9.42 Å². The zero-order valence-electron chi connectivity index (χ0n) is 11.9. The molecule has 3 rings (SSSR count). The van der Waals surface area contributed by atoms with Gasteiger partial charge in [0.05, 0.1) is 5.69 Å². The Morgan fingerprint density at radius 1 is 1.30 bits per heavy atom. The highest BCUT2D eigenvalue weighted by Gasteiger charge is 2.20. The summed E-state index contributed by atoms with van der Waals surface area (Å²) >= 11 is 1.51. The van der Waals surface area contributed by atoms with Crippen LogP contribution in [-0.2, 0) is 13.0 Å². The number of rotatable bonds is 4. The minimum atomic E-state index is 0.863. The third kappa shape index (κ3) is 2.99. The molecule has 0 radical (unpaired) electrons. The van der Waals surface area contributed by atoms with Crippen molar-refractivity contribution in [3.8, 4) is 0 Å². The molecule has 0 N–H and O–H groups in total. The number of anilines is 1. The van der Waals surface area contributed by atoms with Crippen LogP contribution in [0.15, 0.2) is 10.6 Å². The smallest absolute Gasteiger partial charge is 0.205 e. The fourth-order valence-corrected chi connectivity index (χ4v) is 3.14. The first-order valence-corrected chi connectivity index (χ1v) is 7.74. The van der Waals surface area contributed by atoms with E-state index in [4.69, 9.17) is 4.52 Å². The lowest BCUT2D eigenvalue weighted by Gasteiger charge is -2.33. The van der Waals surface area contributed by atoms with Gasteiger partial charge in [-0.25, -0.2) is 4.98 Å². The first-order valence-electron chi connectivity index (χ1n) is 6.96. The molecule has 2 aromatic rings. The zero-order chi connectivity index (χ0) is 13.9. The molecule has 108 valence electrons. The van der Waals surface area contributed by atoms with Gasteiger partial charge in [-0.1, -0.05) is 12.1 Å². The molecule has 2 aromatic heterocycles. The fourth-order valence-electron chi connectivity index (χ4n) is 2.34. The third-order valence-electron chi connectivity index (χ3n) is 3.48. The quantitative estimate of drug-likeness (QED) is 0.855. The van der Waals surface area contributed by atoms with E-state index in [1.165, 1.54) is 11.5 Å². The predicted octanol–water partition coefficient (Wildman–Crippen LogP) is 1.72. The summed E-state index contributed by atoms with van der Waals surface area (Å²) in [7, 11) is 0. The molecule has 6 nitrogen and oxygen atoms in total. The minimum absolute atomic E-state index is 0.863. The van der Waals surface area contributed by atoms with Crippen LogP contribution in [0.4, 0.5) is 5.13 Å². The van der Waals surface area contributed by atoms with E-state index < -0.39 is 0 Å². The molecule has 3 heterocycles. The van der Waals surface area contributed by atoms with Crippen LogP contribution >= 0.6 is 11.5 Å². The number of aryl methyl sites for hydroxylation is 2. The van der Waals surface area contributed by atoms with Crippen LogP contribution < -0.4 is 4.90 Å². The van der Waals surface area contributed by atoms with E-state index in [0.717, 1.165) is 61.6 Å². The summed E-state index contributed by atoms with van der Waals surface area (Å²) in [6.07, 6.45) is 0.905. The highest BCUT2D eigenvalue weighted by molar-refractivity contribution is 7.09. The summed E-state index contributed by atoms with van der Waals surface area (Å²) < 4.78 is 9.46. The van der Waals surface area contributed by atoms with Gasteiger partial charge in [0.25, 0.3) is 0 Å². The van der Waals surface area contributed by atoms with Crippen LogP contribution in [0.1, 0.15) is 24.2 Å². The largest absolute Gasteiger partial charge is 0.361 e. The Labute approximate surface area is 122 Å². The Morgan fingerprint density at radius 3 is 2.70 bits per heavy atom. The van der Waals surface area contributed by atoms with Crippen molar-refractivity contribution in [3.63, 3.8) is 0 Å². The van der Waals surface area contributed by atoms with E-state index in [1.807, 2.05) is 13.0 Å². The highest BCUT2D eigenvalue weighted by atomic mass is 32.1. The maximum absolute atomic E-state index is 5.11. The maximum atomic E-state index is 5.11. The molecule has 0 aromatic carbocycles. The standard InChI is InChI=1S/C13H19N5OS/c1-3-12-14-13(20-16-12)18-6-4-17(5-7-18)9-11-8-10(2)19-15-11/h8H,3-7,9H2,1-2H3. The molecular weight excluding hydrogens is 274 g/mol. The zero-order valence-corrected chi connectivity index (χ0v) is 12.7. The van der Waals surface area contributed by atoms with Crippen molar-refractivity contribution in [2.45, 2.75) is 26.8 Å². The Morgan fingerprint density at radius 2 is 2.10 bits per heavy atom. The minimum Gasteiger partial charge on any atom is -0.361 e. The lowest BCUT2D eigenvalue weighted by Crippen LogP contribution is -2.46. The SMILES string of the molecule is CCc1nsc(N2CCN(Cc3cc(C)on3)CC2)n1. The molecule has 20 heavy (non-hydrogen) atoms. The van der Waals surface area contributed by atoms with E-state index in [9.17, 15) is 0 Å². The van der Waals surface area contributed by atoms with Gasteiger partial charge in [0.15, 0.2) is 0 Å². The van der Waals surface area contributed by atoms with Gasteiger partial charge >= 0.3 is 0 Å². The average molecular weight is 293 g/mol. The molecule has 0 amide bonds. The van der Waals surface area contributed by atoms with Crippen molar-refractivity contribution < 1.29 is 4.52 Å². The molecule has 1 saturated heterocycles. The lowest BCUT2D eigenvalue weighted by atomic mass is 10.3. The topological polar surface area (TPSA) is 58.3 Å². The Balaban J connectivity index is 1.54. The molecule has 1 fully saturated rings. The maximum Gasteiger partial charge on any atom is 0.205 e. The molecule has 0 saturated carbocycles. The molecule has 0 bridgehead atoms. The van der Waals surface area contributed by atoms with E-state index in [0.29, 0.717) is 0 Å². The van der Waals surface area contributed by atoms with Gasteiger partial charge in [-0.3, -0.25) is 4.90 Å². The molecule has 7 heteroatoms. The molecule has 0 atom stereocenters. The second-order valence-electron chi connectivity index (χ2n) is 5.04. The van der Waals surface area contributed by atoms with E-state index in [2.05, 4.69) is 31.2 Å². The normalized spacial score (nSPS) is 16.8. The van der Waals surface area contributed by atoms with Crippen LogP contribution in [0.2, 0.25) is 0 Å². The Hall–Kier alpha value is -1.47. The van der Waals surface area contributed by atoms with Crippen LogP contribution in [0.5, 0.6) is 0 Å². The molecule has 1 aliphatic rings. The van der Waals surface area contributed by atoms with Crippen LogP contribution in [0, 0.1) is 6.92 Å². The van der Waals surface area contributed by atoms with E-state index >= 15 is 0 Å². The predicted molar refractivity (Wildman–Crippen MR) is 78.0 cm³/mol. The number of piperazine rings is 1. The molecule has 0 spiro atoms. The number of aromatic nitrogens is 3. The van der Waals surface area contributed by atoms with Crippen molar-refractivity contribution in [2.75, 3.05) is 31.1 Å². The van der Waals surface area contributed by atoms with Gasteiger partial charge in [-0.2, -0.15) is 4.37 Å². The third-order valence-corrected chi connectivity index (χ3v) is 4.29. The van der Waals surface area contributed by atoms with E-state index in [-0.39, 0.29) is 0 Å². The number of hydrogen-bond acceptors (Lipinski definition) is 7. The van der Waals surface area contributed by atoms with Gasteiger partial charge in [0.2, 0.25) is 5.13 Å². The Bertz CT molecular complexity index is 559. The molecular formula is C13H19N5OS. The lowest BCUT2D eigenvalue weighted by molar-refractivity contribution is 0.241. The summed E-state index contributed by atoms with van der Waals surface area (Å²) in [6, 6.07) is 2.00. The van der Waals surface area contributed by atoms with Gasteiger partial charge in [-0.15, -0.1) is 0 Å². The van der Waals surface area contributed by atoms with Crippen molar-refractivity contribution in [3.05, 3.63) is 23.3 Å². The van der Waals surface area contributed by atoms with Gasteiger partial charge in [0.1, 0.15) is 11.6 Å². The first kappa shape index (κ1) is 13.5. The van der Waals surface area contributed by atoms with Crippen molar-refractivity contribution >= 4 is 16.7 Å². The highest BCUT2D eigenvalue weighted by Crippen LogP contribution is 2.19. The summed E-state index contributed by atoms with van der Waals surface area (Å²) in [4.78, 5) is 9.27. The molecule has 0 aliphatic carbocycles. The summed E-state index contributed by atoms with van der Waals surface area (Å²) in [5, 5.41) is 5.11. The summed E-state index contributed by atoms with van der Waals surface area (Å²) in [6.45, 7) is 8.91. The molecule has 1 aliphatic heterocycles. The summed E-state index contributed by atoms with van der Waals surface area (Å²) in [5.41, 5.74) is 1.01. The first-order chi connectivity index (χ1) is 9.74. The second-order valence-corrected chi connectivity index (χ2v) is 5.77. The van der Waals surface area contributed by atoms with Gasteiger partial charge in [0, 0.05) is 56.7 Å². The van der Waals surface area contributed by atoms with E-state index in [1.54, 1.807) is 0 Å². The van der Waals surface area contributed by atoms with Crippen LogP contribution in [0.3, 0.4) is 0 Å². The Kier molecular flexibility index (Phi) is 3.98. The summed E-state index contributed by atoms with van der Waals surface area (Å²) in [5.74, 6) is 1.82. The van der Waals surface area contributed by atoms with Gasteiger partial charge in [-0.05, 0) is 6.92 Å². The number of hydrogen-bond donors (Lipinski definition) is 0. The molecule has 0 unspecified atom stereocenters. The fraction of sp³-hybridized carbons (Fsp3) is 0.615. The average Bonchev–Trinajstić information content (AvgIpc) is 3.09. The van der Waals surface area contributed by atoms with Crippen molar-refractivity contribution in [2.24, 2.45) is 0 Å². The number of nitrogens with zero attached hydrogens (tertiary/aromatic N) is 5. The van der Waals surface area contributed by atoms with Crippen LogP contribution in [-0.4, -0.2) is 45.6 Å². The van der Waals surface area contributed by atoms with Crippen LogP contribution in [0.25, 0.3) is 0 Å². The second kappa shape index (κ2) is 5.88. The van der Waals surface area contributed by atoms with Crippen molar-refractivity contribution in [1.29, 1.82) is 0 Å². The van der Waals surface area contributed by atoms with Crippen molar-refractivity contribution in [1.82, 2.24) is 19.4 Å². The monoisotopic (exact) mass is 293 g/mol.